The summed E-state index contributed by atoms with van der Waals surface area (Å²) in [6, 6.07) is 7.06. The summed E-state index contributed by atoms with van der Waals surface area (Å²) in [5.41, 5.74) is 1.55. The minimum atomic E-state index is -0.561. The molecular formula is C12H13ClO2. The largest absolute Gasteiger partial charge is 0.289 e. The minimum absolute atomic E-state index is 0.259. The topological polar surface area (TPSA) is 34.1 Å². The molecule has 0 aliphatic carbocycles. The normalized spacial score (nSPS) is 10.4. The first kappa shape index (κ1) is 11.9. The maximum Gasteiger partial charge on any atom is 0.229 e. The molecule has 0 N–H and O–H groups in total. The van der Waals surface area contributed by atoms with E-state index in [2.05, 4.69) is 13.8 Å². The maximum atomic E-state index is 11.4. The highest BCUT2D eigenvalue weighted by Crippen LogP contribution is 2.15. The molecule has 0 saturated heterocycles. The molecule has 0 amide bonds. The van der Waals surface area contributed by atoms with Crippen molar-refractivity contribution in [1.82, 2.24) is 0 Å². The molecule has 0 unspecified atom stereocenters. The standard InChI is InChI=1S/C12H13ClO2/c1-8(2)9-3-5-10(6-4-9)12(15)11(14)7-13/h3-6,8H,7H2,1-2H3. The fraction of sp³-hybridized carbons (Fsp3) is 0.333. The van der Waals surface area contributed by atoms with E-state index in [0.717, 1.165) is 5.56 Å². The predicted octanol–water partition coefficient (Wildman–Crippen LogP) is 2.80. The van der Waals surface area contributed by atoms with Crippen molar-refractivity contribution in [3.63, 3.8) is 0 Å². The van der Waals surface area contributed by atoms with Crippen LogP contribution in [0.25, 0.3) is 0 Å². The molecule has 0 saturated carbocycles. The van der Waals surface area contributed by atoms with Gasteiger partial charge in [-0.3, -0.25) is 9.59 Å². The summed E-state index contributed by atoms with van der Waals surface area (Å²) in [5, 5.41) is 0. The van der Waals surface area contributed by atoms with Gasteiger partial charge in [-0.1, -0.05) is 38.1 Å². The van der Waals surface area contributed by atoms with Gasteiger partial charge >= 0.3 is 0 Å². The average Bonchev–Trinajstić information content (AvgIpc) is 2.27. The van der Waals surface area contributed by atoms with Crippen LogP contribution in [-0.2, 0) is 4.79 Å². The molecule has 0 spiro atoms. The molecular weight excluding hydrogens is 212 g/mol. The number of alkyl halides is 1. The van der Waals surface area contributed by atoms with Crippen molar-refractivity contribution in [2.75, 3.05) is 5.88 Å². The van der Waals surface area contributed by atoms with Crippen molar-refractivity contribution in [2.45, 2.75) is 19.8 Å². The fourth-order valence-corrected chi connectivity index (χ4v) is 1.36. The number of halogens is 1. The quantitative estimate of drug-likeness (QED) is 0.448. The average molecular weight is 225 g/mol. The molecule has 80 valence electrons. The van der Waals surface area contributed by atoms with Crippen LogP contribution in [0.3, 0.4) is 0 Å². The zero-order valence-corrected chi connectivity index (χ0v) is 9.54. The lowest BCUT2D eigenvalue weighted by molar-refractivity contribution is -0.112. The summed E-state index contributed by atoms with van der Waals surface area (Å²) in [5.74, 6) is -0.919. The summed E-state index contributed by atoms with van der Waals surface area (Å²) in [7, 11) is 0. The van der Waals surface area contributed by atoms with Crippen LogP contribution >= 0.6 is 11.6 Å². The second kappa shape index (κ2) is 5.08. The Morgan fingerprint density at radius 1 is 1.20 bits per heavy atom. The van der Waals surface area contributed by atoms with Crippen molar-refractivity contribution >= 4 is 23.2 Å². The number of hydrogen-bond acceptors (Lipinski definition) is 2. The summed E-state index contributed by atoms with van der Waals surface area (Å²) >= 11 is 5.31. The van der Waals surface area contributed by atoms with E-state index in [1.807, 2.05) is 12.1 Å². The summed E-state index contributed by atoms with van der Waals surface area (Å²) < 4.78 is 0. The van der Waals surface area contributed by atoms with Crippen molar-refractivity contribution in [2.24, 2.45) is 0 Å². The Kier molecular flexibility index (Phi) is 4.04. The highest BCUT2D eigenvalue weighted by atomic mass is 35.5. The van der Waals surface area contributed by atoms with Crippen LogP contribution in [0, 0.1) is 0 Å². The van der Waals surface area contributed by atoms with Crippen LogP contribution in [-0.4, -0.2) is 17.4 Å². The number of hydrogen-bond donors (Lipinski definition) is 0. The number of carbonyl (C=O) groups excluding carboxylic acids is 2. The lowest BCUT2D eigenvalue weighted by Gasteiger charge is -2.05. The molecule has 15 heavy (non-hydrogen) atoms. The predicted molar refractivity (Wildman–Crippen MR) is 60.6 cm³/mol. The van der Waals surface area contributed by atoms with Gasteiger partial charge in [-0.05, 0) is 11.5 Å². The molecule has 3 heteroatoms. The molecule has 0 heterocycles. The van der Waals surface area contributed by atoms with E-state index in [0.29, 0.717) is 11.5 Å². The van der Waals surface area contributed by atoms with Gasteiger partial charge in [0.05, 0.1) is 5.88 Å². The van der Waals surface area contributed by atoms with Crippen LogP contribution < -0.4 is 0 Å². The Hall–Kier alpha value is -1.15. The van der Waals surface area contributed by atoms with Gasteiger partial charge in [0.15, 0.2) is 0 Å². The van der Waals surface area contributed by atoms with E-state index >= 15 is 0 Å². The van der Waals surface area contributed by atoms with E-state index < -0.39 is 11.6 Å². The first-order valence-corrected chi connectivity index (χ1v) is 5.33. The molecule has 2 nitrogen and oxygen atoms in total. The Bertz CT molecular complexity index is 366. The highest BCUT2D eigenvalue weighted by Gasteiger charge is 2.14. The Morgan fingerprint density at radius 3 is 2.13 bits per heavy atom. The molecule has 1 aromatic carbocycles. The first-order chi connectivity index (χ1) is 7.06. The monoisotopic (exact) mass is 224 g/mol. The van der Waals surface area contributed by atoms with Crippen LogP contribution in [0.1, 0.15) is 35.7 Å². The molecule has 0 atom stereocenters. The van der Waals surface area contributed by atoms with Crippen LogP contribution in [0.5, 0.6) is 0 Å². The number of ketones is 2. The third kappa shape index (κ3) is 2.90. The van der Waals surface area contributed by atoms with Crippen LogP contribution in [0.4, 0.5) is 0 Å². The lowest BCUT2D eigenvalue weighted by Crippen LogP contribution is -2.15. The molecule has 0 fully saturated rings. The number of Topliss-reactive ketones (excluding diaryl/α,β-unsaturated/α-hetero) is 2. The van der Waals surface area contributed by atoms with Crippen molar-refractivity contribution in [1.29, 1.82) is 0 Å². The summed E-state index contributed by atoms with van der Waals surface area (Å²) in [6.45, 7) is 4.14. The SMILES string of the molecule is CC(C)c1ccc(C(=O)C(=O)CCl)cc1. The van der Waals surface area contributed by atoms with Gasteiger partial charge in [0.2, 0.25) is 11.6 Å². The van der Waals surface area contributed by atoms with Crippen molar-refractivity contribution in [3.8, 4) is 0 Å². The zero-order chi connectivity index (χ0) is 11.4. The summed E-state index contributed by atoms with van der Waals surface area (Å²) in [4.78, 5) is 22.5. The van der Waals surface area contributed by atoms with Gasteiger partial charge in [-0.25, -0.2) is 0 Å². The van der Waals surface area contributed by atoms with E-state index in [9.17, 15) is 9.59 Å². The van der Waals surface area contributed by atoms with Gasteiger partial charge in [-0.2, -0.15) is 0 Å². The number of benzene rings is 1. The van der Waals surface area contributed by atoms with Crippen LogP contribution in [0.15, 0.2) is 24.3 Å². The minimum Gasteiger partial charge on any atom is -0.289 e. The third-order valence-electron chi connectivity index (χ3n) is 2.21. The third-order valence-corrected chi connectivity index (χ3v) is 2.46. The second-order valence-corrected chi connectivity index (χ2v) is 3.93. The van der Waals surface area contributed by atoms with Gasteiger partial charge in [0, 0.05) is 5.56 Å². The maximum absolute atomic E-state index is 11.4. The molecule has 0 bridgehead atoms. The van der Waals surface area contributed by atoms with Gasteiger partial charge in [0.25, 0.3) is 0 Å². The number of rotatable bonds is 4. The van der Waals surface area contributed by atoms with Crippen molar-refractivity contribution < 1.29 is 9.59 Å². The Morgan fingerprint density at radius 2 is 1.73 bits per heavy atom. The molecule has 0 aliphatic rings. The Labute approximate surface area is 94.2 Å². The molecule has 0 radical (unpaired) electrons. The molecule has 1 rings (SSSR count). The highest BCUT2D eigenvalue weighted by molar-refractivity contribution is 6.51. The van der Waals surface area contributed by atoms with E-state index in [1.165, 1.54) is 0 Å². The Balaban J connectivity index is 2.89. The van der Waals surface area contributed by atoms with Gasteiger partial charge in [-0.15, -0.1) is 11.6 Å². The molecule has 0 aliphatic heterocycles. The lowest BCUT2D eigenvalue weighted by atomic mass is 10.00. The fourth-order valence-electron chi connectivity index (χ4n) is 1.24. The van der Waals surface area contributed by atoms with Gasteiger partial charge in [0.1, 0.15) is 0 Å². The summed E-state index contributed by atoms with van der Waals surface area (Å²) in [6.07, 6.45) is 0. The second-order valence-electron chi connectivity index (χ2n) is 3.66. The van der Waals surface area contributed by atoms with E-state index in [4.69, 9.17) is 11.6 Å². The van der Waals surface area contributed by atoms with Crippen LogP contribution in [0.2, 0.25) is 0 Å². The van der Waals surface area contributed by atoms with E-state index in [-0.39, 0.29) is 5.88 Å². The van der Waals surface area contributed by atoms with Crippen molar-refractivity contribution in [3.05, 3.63) is 35.4 Å². The smallest absolute Gasteiger partial charge is 0.229 e. The zero-order valence-electron chi connectivity index (χ0n) is 8.79. The van der Waals surface area contributed by atoms with Gasteiger partial charge < -0.3 is 0 Å². The molecule has 0 aromatic heterocycles. The van der Waals surface area contributed by atoms with E-state index in [1.54, 1.807) is 12.1 Å². The number of carbonyl (C=O) groups is 2. The molecule has 1 aromatic rings. The first-order valence-electron chi connectivity index (χ1n) is 4.79.